The van der Waals surface area contributed by atoms with Gasteiger partial charge in [0.1, 0.15) is 10.3 Å². The third-order valence-corrected chi connectivity index (χ3v) is 2.68. The average Bonchev–Trinajstić information content (AvgIpc) is 2.11. The second-order valence-electron chi connectivity index (χ2n) is 2.99. The molecule has 0 aliphatic carbocycles. The van der Waals surface area contributed by atoms with Crippen LogP contribution in [0.15, 0.2) is 10.7 Å². The van der Waals surface area contributed by atoms with Crippen molar-refractivity contribution in [3.8, 4) is 0 Å². The summed E-state index contributed by atoms with van der Waals surface area (Å²) >= 11 is 3.02. The van der Waals surface area contributed by atoms with E-state index in [-0.39, 0.29) is 11.0 Å². The molecule has 1 heterocycles. The highest BCUT2D eigenvalue weighted by Gasteiger charge is 2.15. The van der Waals surface area contributed by atoms with Crippen molar-refractivity contribution in [2.75, 3.05) is 0 Å². The van der Waals surface area contributed by atoms with E-state index < -0.39 is 18.1 Å². The first-order valence-electron chi connectivity index (χ1n) is 4.07. The number of aromatic nitrogens is 1. The van der Waals surface area contributed by atoms with Crippen molar-refractivity contribution < 1.29 is 18.7 Å². The zero-order valence-electron chi connectivity index (χ0n) is 7.80. The normalized spacial score (nSPS) is 10.7. The summed E-state index contributed by atoms with van der Waals surface area (Å²) < 4.78 is 25.0. The van der Waals surface area contributed by atoms with E-state index >= 15 is 0 Å². The van der Waals surface area contributed by atoms with E-state index in [9.17, 15) is 13.6 Å². The standard InChI is InChI=1S/C9H8BrF2NO2/c1-4-5(3-7(14)15)2-6(9(11)12)13-8(4)10/h2,9H,3H2,1H3,(H,14,15). The number of halogens is 3. The number of pyridine rings is 1. The van der Waals surface area contributed by atoms with Crippen LogP contribution in [-0.2, 0) is 11.2 Å². The van der Waals surface area contributed by atoms with E-state index in [4.69, 9.17) is 5.11 Å². The number of carbonyl (C=O) groups is 1. The van der Waals surface area contributed by atoms with Gasteiger partial charge in [0, 0.05) is 0 Å². The van der Waals surface area contributed by atoms with Crippen molar-refractivity contribution >= 4 is 21.9 Å². The number of nitrogens with zero attached hydrogens (tertiary/aromatic N) is 1. The highest BCUT2D eigenvalue weighted by molar-refractivity contribution is 9.10. The first kappa shape index (κ1) is 12.0. The Morgan fingerprint density at radius 2 is 2.27 bits per heavy atom. The summed E-state index contributed by atoms with van der Waals surface area (Å²) in [6.07, 6.45) is -2.98. The second kappa shape index (κ2) is 4.65. The van der Waals surface area contributed by atoms with E-state index in [0.29, 0.717) is 11.1 Å². The Balaban J connectivity index is 3.18. The van der Waals surface area contributed by atoms with Crippen LogP contribution in [0, 0.1) is 6.92 Å². The summed E-state index contributed by atoms with van der Waals surface area (Å²) in [5, 5.41) is 8.59. The summed E-state index contributed by atoms with van der Waals surface area (Å²) in [6, 6.07) is 1.12. The van der Waals surface area contributed by atoms with Crippen LogP contribution >= 0.6 is 15.9 Å². The molecule has 0 aromatic carbocycles. The number of aliphatic carboxylic acids is 1. The van der Waals surface area contributed by atoms with Gasteiger partial charge in [0.05, 0.1) is 6.42 Å². The minimum absolute atomic E-state index is 0.261. The van der Waals surface area contributed by atoms with E-state index in [0.717, 1.165) is 6.07 Å². The van der Waals surface area contributed by atoms with Crippen molar-refractivity contribution in [1.29, 1.82) is 0 Å². The van der Waals surface area contributed by atoms with Gasteiger partial charge in [0.25, 0.3) is 6.43 Å². The lowest BCUT2D eigenvalue weighted by atomic mass is 10.1. The van der Waals surface area contributed by atoms with Crippen LogP contribution in [0.1, 0.15) is 23.2 Å². The molecule has 1 aromatic heterocycles. The van der Waals surface area contributed by atoms with Gasteiger partial charge >= 0.3 is 5.97 Å². The van der Waals surface area contributed by atoms with Gasteiger partial charge in [-0.3, -0.25) is 4.79 Å². The van der Waals surface area contributed by atoms with Gasteiger partial charge < -0.3 is 5.11 Å². The molecule has 1 N–H and O–H groups in total. The molecule has 0 spiro atoms. The maximum absolute atomic E-state index is 12.4. The van der Waals surface area contributed by atoms with Crippen molar-refractivity contribution in [2.45, 2.75) is 19.8 Å². The summed E-state index contributed by atoms with van der Waals surface area (Å²) in [6.45, 7) is 1.63. The first-order chi connectivity index (χ1) is 6.91. The average molecular weight is 280 g/mol. The SMILES string of the molecule is Cc1c(CC(=O)O)cc(C(F)F)nc1Br. The van der Waals surface area contributed by atoms with Crippen LogP contribution in [0.5, 0.6) is 0 Å². The van der Waals surface area contributed by atoms with Gasteiger partial charge in [0.2, 0.25) is 0 Å². The number of rotatable bonds is 3. The minimum Gasteiger partial charge on any atom is -0.481 e. The molecule has 0 unspecified atom stereocenters. The molecule has 1 rings (SSSR count). The molecule has 0 aliphatic rings. The predicted octanol–water partition coefficient (Wildman–Crippen LogP) is 2.72. The van der Waals surface area contributed by atoms with Crippen LogP contribution < -0.4 is 0 Å². The van der Waals surface area contributed by atoms with Crippen molar-refractivity contribution in [3.05, 3.63) is 27.5 Å². The molecule has 0 radical (unpaired) electrons. The molecule has 0 aliphatic heterocycles. The molecule has 0 atom stereocenters. The summed E-state index contributed by atoms with van der Waals surface area (Å²) in [4.78, 5) is 14.1. The van der Waals surface area contributed by atoms with Gasteiger partial charge in [-0.05, 0) is 40.0 Å². The molecule has 0 saturated carbocycles. The van der Waals surface area contributed by atoms with Crippen LogP contribution in [0.4, 0.5) is 8.78 Å². The van der Waals surface area contributed by atoms with Gasteiger partial charge in [0.15, 0.2) is 0 Å². The smallest absolute Gasteiger partial charge is 0.307 e. The minimum atomic E-state index is -2.70. The maximum Gasteiger partial charge on any atom is 0.307 e. The molecule has 3 nitrogen and oxygen atoms in total. The zero-order chi connectivity index (χ0) is 11.6. The lowest BCUT2D eigenvalue weighted by Gasteiger charge is -2.08. The van der Waals surface area contributed by atoms with Gasteiger partial charge in [-0.25, -0.2) is 13.8 Å². The van der Waals surface area contributed by atoms with Crippen LogP contribution in [0.3, 0.4) is 0 Å². The Morgan fingerprint density at radius 3 is 2.73 bits per heavy atom. The van der Waals surface area contributed by atoms with E-state index in [1.165, 1.54) is 0 Å². The predicted molar refractivity (Wildman–Crippen MR) is 53.0 cm³/mol. The van der Waals surface area contributed by atoms with Gasteiger partial charge in [-0.1, -0.05) is 0 Å². The molecule has 0 saturated heterocycles. The summed E-state index contributed by atoms with van der Waals surface area (Å²) in [7, 11) is 0. The number of hydrogen-bond donors (Lipinski definition) is 1. The molecule has 0 bridgehead atoms. The molecule has 15 heavy (non-hydrogen) atoms. The Bertz CT molecular complexity index is 396. The third-order valence-electron chi connectivity index (χ3n) is 1.91. The fourth-order valence-electron chi connectivity index (χ4n) is 1.11. The molecule has 1 aromatic rings. The number of carboxylic acids is 1. The van der Waals surface area contributed by atoms with E-state index in [2.05, 4.69) is 20.9 Å². The molecule has 6 heteroatoms. The van der Waals surface area contributed by atoms with Crippen LogP contribution in [0.25, 0.3) is 0 Å². The van der Waals surface area contributed by atoms with Crippen LogP contribution in [0.2, 0.25) is 0 Å². The monoisotopic (exact) mass is 279 g/mol. The topological polar surface area (TPSA) is 50.2 Å². The fourth-order valence-corrected chi connectivity index (χ4v) is 1.57. The molecule has 82 valence electrons. The lowest BCUT2D eigenvalue weighted by Crippen LogP contribution is -2.05. The quantitative estimate of drug-likeness (QED) is 0.866. The van der Waals surface area contributed by atoms with Crippen molar-refractivity contribution in [2.24, 2.45) is 0 Å². The number of alkyl halides is 2. The van der Waals surface area contributed by atoms with Crippen LogP contribution in [-0.4, -0.2) is 16.1 Å². The highest BCUT2D eigenvalue weighted by atomic mass is 79.9. The van der Waals surface area contributed by atoms with Crippen molar-refractivity contribution in [3.63, 3.8) is 0 Å². The maximum atomic E-state index is 12.4. The van der Waals surface area contributed by atoms with Gasteiger partial charge in [-0.2, -0.15) is 0 Å². The Kier molecular flexibility index (Phi) is 3.73. The lowest BCUT2D eigenvalue weighted by molar-refractivity contribution is -0.136. The zero-order valence-corrected chi connectivity index (χ0v) is 9.38. The van der Waals surface area contributed by atoms with E-state index in [1.54, 1.807) is 6.92 Å². The van der Waals surface area contributed by atoms with Crippen molar-refractivity contribution in [1.82, 2.24) is 4.98 Å². The highest BCUT2D eigenvalue weighted by Crippen LogP contribution is 2.24. The molecular weight excluding hydrogens is 272 g/mol. The Morgan fingerprint density at radius 1 is 1.67 bits per heavy atom. The number of hydrogen-bond acceptors (Lipinski definition) is 2. The molecule has 0 fully saturated rings. The number of carboxylic acid groups (broad SMARTS) is 1. The van der Waals surface area contributed by atoms with E-state index in [1.807, 2.05) is 0 Å². The van der Waals surface area contributed by atoms with Gasteiger partial charge in [-0.15, -0.1) is 0 Å². The second-order valence-corrected chi connectivity index (χ2v) is 3.74. The molecule has 0 amide bonds. The summed E-state index contributed by atoms with van der Waals surface area (Å²) in [5.74, 6) is -1.06. The third kappa shape index (κ3) is 2.95. The first-order valence-corrected chi connectivity index (χ1v) is 4.87. The molecular formula is C9H8BrF2NO2. The Hall–Kier alpha value is -1.04. The Labute approximate surface area is 93.3 Å². The fraction of sp³-hybridized carbons (Fsp3) is 0.333. The summed E-state index contributed by atoms with van der Waals surface area (Å²) in [5.41, 5.74) is 0.505. The largest absolute Gasteiger partial charge is 0.481 e.